The Hall–Kier alpha value is -4.06. The molecule has 0 aliphatic carbocycles. The lowest BCUT2D eigenvalue weighted by molar-refractivity contribution is -0.141. The molecule has 0 radical (unpaired) electrons. The van der Waals surface area contributed by atoms with Crippen molar-refractivity contribution in [3.05, 3.63) is 65.3 Å². The maximum Gasteiger partial charge on any atom is 0.339 e. The van der Waals surface area contributed by atoms with Crippen molar-refractivity contribution in [1.29, 1.82) is 5.26 Å². The molecule has 2 N–H and O–H groups in total. The summed E-state index contributed by atoms with van der Waals surface area (Å²) >= 11 is 0. The Bertz CT molecular complexity index is 1060. The van der Waals surface area contributed by atoms with E-state index in [9.17, 15) is 19.6 Å². The average molecular weight is 409 g/mol. The number of amides is 1. The highest BCUT2D eigenvalue weighted by Gasteiger charge is 2.62. The second kappa shape index (κ2) is 7.75. The molecule has 3 rings (SSSR count). The Morgan fingerprint density at radius 1 is 1.33 bits per heavy atom. The first-order valence-corrected chi connectivity index (χ1v) is 8.87. The second-order valence-electron chi connectivity index (χ2n) is 6.47. The van der Waals surface area contributed by atoms with Gasteiger partial charge in [0.15, 0.2) is 5.41 Å². The molecule has 0 fully saturated rings. The molecule has 9 heteroatoms. The fourth-order valence-electron chi connectivity index (χ4n) is 3.84. The summed E-state index contributed by atoms with van der Waals surface area (Å²) in [5.41, 5.74) is 4.35. The molecule has 1 aromatic rings. The Balaban J connectivity index is 2.45. The van der Waals surface area contributed by atoms with Crippen molar-refractivity contribution in [2.45, 2.75) is 11.8 Å². The average Bonchev–Trinajstić information content (AvgIpc) is 2.97. The smallest absolute Gasteiger partial charge is 0.339 e. The minimum Gasteiger partial charge on any atom is -0.469 e. The lowest BCUT2D eigenvalue weighted by Gasteiger charge is -2.35. The highest BCUT2D eigenvalue weighted by Crippen LogP contribution is 2.54. The van der Waals surface area contributed by atoms with Crippen molar-refractivity contribution >= 4 is 23.5 Å². The summed E-state index contributed by atoms with van der Waals surface area (Å²) < 4.78 is 15.1. The summed E-state index contributed by atoms with van der Waals surface area (Å²) in [5.74, 6) is -2.86. The molecule has 2 heterocycles. The quantitative estimate of drug-likeness (QED) is 0.566. The Kier molecular flexibility index (Phi) is 5.34. The number of para-hydroxylation sites is 1. The zero-order valence-electron chi connectivity index (χ0n) is 16.4. The third-order valence-corrected chi connectivity index (χ3v) is 5.02. The number of benzene rings is 1. The largest absolute Gasteiger partial charge is 0.469 e. The first-order chi connectivity index (χ1) is 14.4. The number of anilines is 1. The van der Waals surface area contributed by atoms with Gasteiger partial charge in [-0.15, -0.1) is 6.58 Å². The lowest BCUT2D eigenvalue weighted by atomic mass is 9.68. The maximum atomic E-state index is 13.8. The fraction of sp³-hybridized carbons (Fsp3) is 0.238. The van der Waals surface area contributed by atoms with E-state index in [2.05, 4.69) is 11.3 Å². The van der Waals surface area contributed by atoms with Gasteiger partial charge in [0, 0.05) is 17.8 Å². The number of carbonyl (C=O) groups excluding carboxylic acids is 3. The summed E-state index contributed by atoms with van der Waals surface area (Å²) in [7, 11) is 2.29. The summed E-state index contributed by atoms with van der Waals surface area (Å²) in [4.78, 5) is 40.1. The van der Waals surface area contributed by atoms with Gasteiger partial charge in [0.1, 0.15) is 29.4 Å². The van der Waals surface area contributed by atoms with Crippen molar-refractivity contribution in [1.82, 2.24) is 0 Å². The molecule has 0 aromatic heterocycles. The predicted octanol–water partition coefficient (Wildman–Crippen LogP) is 1.17. The van der Waals surface area contributed by atoms with Gasteiger partial charge in [0.05, 0.1) is 14.2 Å². The molecule has 30 heavy (non-hydrogen) atoms. The number of nitrogens with two attached hydrogens (primary N) is 1. The number of ether oxygens (including phenoxy) is 3. The van der Waals surface area contributed by atoms with Gasteiger partial charge in [0.2, 0.25) is 11.8 Å². The van der Waals surface area contributed by atoms with Gasteiger partial charge in [-0.25, -0.2) is 4.79 Å². The van der Waals surface area contributed by atoms with E-state index in [0.717, 1.165) is 7.11 Å². The molecule has 1 spiro atoms. The SMILES string of the molecule is C=CCN1C(=O)C2(C(C#N)=C(N)OC(CC(=O)OC)=C2C(=O)OC)c2ccccc21. The standard InChI is InChI=1S/C21H19N3O6/c1-4-9-24-14-8-6-5-7-12(14)21(20(24)27)13(11-22)18(23)30-15(10-16(25)28-2)17(21)19(26)29-3/h4-8H,1,9-10,23H2,2-3H3. The topological polar surface area (TPSA) is 132 Å². The minimum absolute atomic E-state index is 0.123. The van der Waals surface area contributed by atoms with Gasteiger partial charge in [-0.2, -0.15) is 5.26 Å². The van der Waals surface area contributed by atoms with Crippen LogP contribution in [0.1, 0.15) is 12.0 Å². The molecule has 1 atom stereocenters. The van der Waals surface area contributed by atoms with Crippen molar-refractivity contribution in [2.24, 2.45) is 5.73 Å². The van der Waals surface area contributed by atoms with E-state index in [0.29, 0.717) is 11.3 Å². The number of esters is 2. The van der Waals surface area contributed by atoms with Gasteiger partial charge in [-0.05, 0) is 6.07 Å². The van der Waals surface area contributed by atoms with Gasteiger partial charge in [-0.3, -0.25) is 9.59 Å². The van der Waals surface area contributed by atoms with Crippen LogP contribution in [0.3, 0.4) is 0 Å². The minimum atomic E-state index is -1.92. The van der Waals surface area contributed by atoms with Gasteiger partial charge in [-0.1, -0.05) is 24.3 Å². The lowest BCUT2D eigenvalue weighted by Crippen LogP contribution is -2.48. The molecule has 2 aliphatic heterocycles. The predicted molar refractivity (Wildman–Crippen MR) is 104 cm³/mol. The van der Waals surface area contributed by atoms with Crippen molar-refractivity contribution in [3.8, 4) is 6.07 Å². The van der Waals surface area contributed by atoms with Crippen LogP contribution >= 0.6 is 0 Å². The number of hydrogen-bond donors (Lipinski definition) is 1. The summed E-state index contributed by atoms with van der Waals surface area (Å²) in [6.07, 6.45) is 1.03. The molecule has 2 aliphatic rings. The number of fused-ring (bicyclic) bond motifs is 2. The van der Waals surface area contributed by atoms with Crippen LogP contribution in [-0.4, -0.2) is 38.6 Å². The molecule has 154 valence electrons. The number of carbonyl (C=O) groups is 3. The Morgan fingerprint density at radius 2 is 2.03 bits per heavy atom. The molecule has 9 nitrogen and oxygen atoms in total. The number of nitriles is 1. The molecule has 0 saturated carbocycles. The first kappa shape index (κ1) is 20.7. The molecule has 1 amide bonds. The van der Waals surface area contributed by atoms with Gasteiger partial charge in [0.25, 0.3) is 0 Å². The number of methoxy groups -OCH3 is 2. The van der Waals surface area contributed by atoms with Crippen LogP contribution in [-0.2, 0) is 34.0 Å². The van der Waals surface area contributed by atoms with Crippen molar-refractivity contribution < 1.29 is 28.6 Å². The number of nitrogens with zero attached hydrogens (tertiary/aromatic N) is 2. The molecule has 1 unspecified atom stereocenters. The van der Waals surface area contributed by atoms with Gasteiger partial charge >= 0.3 is 11.9 Å². The third kappa shape index (κ3) is 2.73. The highest BCUT2D eigenvalue weighted by atomic mass is 16.5. The highest BCUT2D eigenvalue weighted by molar-refractivity contribution is 6.18. The van der Waals surface area contributed by atoms with Crippen molar-refractivity contribution in [3.63, 3.8) is 0 Å². The molecular formula is C21H19N3O6. The molecule has 0 bridgehead atoms. The summed E-state index contributed by atoms with van der Waals surface area (Å²) in [6, 6.07) is 8.60. The molecular weight excluding hydrogens is 390 g/mol. The number of rotatable bonds is 5. The molecule has 1 aromatic carbocycles. The summed E-state index contributed by atoms with van der Waals surface area (Å²) in [6.45, 7) is 3.79. The fourth-order valence-corrected chi connectivity index (χ4v) is 3.84. The summed E-state index contributed by atoms with van der Waals surface area (Å²) in [5, 5.41) is 9.91. The normalized spacial score (nSPS) is 19.9. The van der Waals surface area contributed by atoms with Gasteiger partial charge < -0.3 is 24.8 Å². The van der Waals surface area contributed by atoms with Crippen LogP contribution in [0.15, 0.2) is 59.7 Å². The van der Waals surface area contributed by atoms with E-state index < -0.39 is 29.7 Å². The van der Waals surface area contributed by atoms with Crippen LogP contribution in [0.2, 0.25) is 0 Å². The van der Waals surface area contributed by atoms with E-state index >= 15 is 0 Å². The first-order valence-electron chi connectivity index (χ1n) is 8.87. The van der Waals surface area contributed by atoms with Crippen LogP contribution in [0.5, 0.6) is 0 Å². The van der Waals surface area contributed by atoms with Crippen LogP contribution < -0.4 is 10.6 Å². The van der Waals surface area contributed by atoms with E-state index in [4.69, 9.17) is 15.2 Å². The van der Waals surface area contributed by atoms with Crippen LogP contribution in [0.4, 0.5) is 5.69 Å². The van der Waals surface area contributed by atoms with Crippen LogP contribution in [0.25, 0.3) is 0 Å². The van der Waals surface area contributed by atoms with E-state index in [1.165, 1.54) is 18.1 Å². The Morgan fingerprint density at radius 3 is 2.63 bits per heavy atom. The second-order valence-corrected chi connectivity index (χ2v) is 6.47. The zero-order chi connectivity index (χ0) is 22.1. The third-order valence-electron chi connectivity index (χ3n) is 5.02. The molecule has 0 saturated heterocycles. The monoisotopic (exact) mass is 409 g/mol. The number of hydrogen-bond acceptors (Lipinski definition) is 8. The van der Waals surface area contributed by atoms with E-state index in [-0.39, 0.29) is 29.3 Å². The van der Waals surface area contributed by atoms with E-state index in [1.807, 2.05) is 6.07 Å². The van der Waals surface area contributed by atoms with Crippen LogP contribution in [0, 0.1) is 11.3 Å². The van der Waals surface area contributed by atoms with E-state index in [1.54, 1.807) is 24.3 Å². The maximum absolute atomic E-state index is 13.8. The Labute approximate surface area is 172 Å². The zero-order valence-corrected chi connectivity index (χ0v) is 16.4. The van der Waals surface area contributed by atoms with Crippen molar-refractivity contribution in [2.75, 3.05) is 25.7 Å².